The third kappa shape index (κ3) is 2.00. The normalized spacial score (nSPS) is 16.1. The molecule has 0 spiro atoms. The van der Waals surface area contributed by atoms with Crippen LogP contribution >= 0.6 is 0 Å². The zero-order valence-corrected chi connectivity index (χ0v) is 9.76. The minimum Gasteiger partial charge on any atom is -0.355 e. The van der Waals surface area contributed by atoms with Crippen molar-refractivity contribution in [3.05, 3.63) is 12.4 Å². The first-order valence-corrected chi connectivity index (χ1v) is 5.96. The highest BCUT2D eigenvalue weighted by atomic mass is 19.3. The van der Waals surface area contributed by atoms with Gasteiger partial charge >= 0.3 is 0 Å². The highest BCUT2D eigenvalue weighted by Gasteiger charge is 2.16. The Labute approximate surface area is 102 Å². The number of aromatic nitrogens is 4. The first-order chi connectivity index (χ1) is 8.74. The van der Waals surface area contributed by atoms with E-state index in [1.807, 2.05) is 0 Å². The van der Waals surface area contributed by atoms with Gasteiger partial charge < -0.3 is 4.90 Å². The minimum atomic E-state index is -2.44. The van der Waals surface area contributed by atoms with Crippen molar-refractivity contribution in [2.24, 2.45) is 0 Å². The van der Waals surface area contributed by atoms with Gasteiger partial charge in [-0.3, -0.25) is 0 Å². The molecule has 0 saturated carbocycles. The molecule has 3 heterocycles. The van der Waals surface area contributed by atoms with Gasteiger partial charge in [0.2, 0.25) is 0 Å². The second-order valence-corrected chi connectivity index (χ2v) is 4.35. The van der Waals surface area contributed by atoms with Crippen LogP contribution in [0.25, 0.3) is 11.2 Å². The molecule has 2 aromatic heterocycles. The predicted octanol–water partition coefficient (Wildman–Crippen LogP) is 1.69. The maximum atomic E-state index is 12.4. The van der Waals surface area contributed by atoms with E-state index < -0.39 is 13.0 Å². The molecule has 1 aliphatic heterocycles. The summed E-state index contributed by atoms with van der Waals surface area (Å²) in [5.41, 5.74) is 0.985. The molecule has 0 radical (unpaired) electrons. The third-order valence-electron chi connectivity index (χ3n) is 3.07. The van der Waals surface area contributed by atoms with Gasteiger partial charge in [0.15, 0.2) is 5.65 Å². The van der Waals surface area contributed by atoms with Crippen molar-refractivity contribution in [3.8, 4) is 0 Å². The Morgan fingerprint density at radius 1 is 1.22 bits per heavy atom. The Kier molecular flexibility index (Phi) is 2.81. The Morgan fingerprint density at radius 2 is 2.00 bits per heavy atom. The van der Waals surface area contributed by atoms with Gasteiger partial charge in [0.05, 0.1) is 12.4 Å². The summed E-state index contributed by atoms with van der Waals surface area (Å²) in [6, 6.07) is 0. The second-order valence-electron chi connectivity index (χ2n) is 4.35. The van der Waals surface area contributed by atoms with E-state index in [0.717, 1.165) is 31.7 Å². The fourth-order valence-corrected chi connectivity index (χ4v) is 2.20. The van der Waals surface area contributed by atoms with E-state index in [1.54, 1.807) is 6.20 Å². The van der Waals surface area contributed by atoms with Crippen LogP contribution in [0.5, 0.6) is 0 Å². The van der Waals surface area contributed by atoms with E-state index >= 15 is 0 Å². The Morgan fingerprint density at radius 3 is 2.72 bits per heavy atom. The maximum Gasteiger partial charge on any atom is 0.258 e. The maximum absolute atomic E-state index is 12.4. The van der Waals surface area contributed by atoms with Crippen LogP contribution in [0, 0.1) is 0 Å². The van der Waals surface area contributed by atoms with E-state index in [2.05, 4.69) is 20.0 Å². The molecule has 2 aromatic rings. The van der Waals surface area contributed by atoms with Crippen LogP contribution in [0.2, 0.25) is 0 Å². The summed E-state index contributed by atoms with van der Waals surface area (Å²) in [6.45, 7) is 1.45. The number of hydrogen-bond donors (Lipinski definition) is 0. The molecule has 0 aromatic carbocycles. The number of halogens is 2. The lowest BCUT2D eigenvalue weighted by atomic mass is 10.4. The average molecular weight is 253 g/mol. The van der Waals surface area contributed by atoms with Crippen molar-refractivity contribution >= 4 is 17.0 Å². The zero-order chi connectivity index (χ0) is 12.5. The van der Waals surface area contributed by atoms with Crippen LogP contribution in [0.4, 0.5) is 14.6 Å². The number of alkyl halides is 2. The van der Waals surface area contributed by atoms with Crippen molar-refractivity contribution in [2.45, 2.75) is 25.8 Å². The SMILES string of the molecule is FC(F)Cn1ncc2ncc(N3CCCC3)nc21. The van der Waals surface area contributed by atoms with Crippen molar-refractivity contribution in [1.29, 1.82) is 0 Å². The highest BCUT2D eigenvalue weighted by Crippen LogP contribution is 2.19. The van der Waals surface area contributed by atoms with E-state index in [0.29, 0.717) is 11.2 Å². The molecule has 0 atom stereocenters. The molecule has 0 aliphatic carbocycles. The smallest absolute Gasteiger partial charge is 0.258 e. The van der Waals surface area contributed by atoms with Gasteiger partial charge in [0, 0.05) is 13.1 Å². The molecule has 0 N–H and O–H groups in total. The average Bonchev–Trinajstić information content (AvgIpc) is 2.98. The summed E-state index contributed by atoms with van der Waals surface area (Å²) >= 11 is 0. The molecule has 1 aliphatic rings. The molecule has 0 unspecified atom stereocenters. The first kappa shape index (κ1) is 11.3. The van der Waals surface area contributed by atoms with Crippen molar-refractivity contribution in [3.63, 3.8) is 0 Å². The van der Waals surface area contributed by atoms with Gasteiger partial charge in [0.25, 0.3) is 6.43 Å². The molecule has 3 rings (SSSR count). The third-order valence-corrected chi connectivity index (χ3v) is 3.07. The van der Waals surface area contributed by atoms with E-state index in [4.69, 9.17) is 0 Å². The molecule has 5 nitrogen and oxygen atoms in total. The summed E-state index contributed by atoms with van der Waals surface area (Å²) in [6.07, 6.45) is 2.98. The minimum absolute atomic E-state index is 0.430. The standard InChI is InChI=1S/C11H13F2N5/c12-9(13)7-18-11-8(5-15-18)14-6-10(16-11)17-3-1-2-4-17/h5-6,9H,1-4,7H2. The van der Waals surface area contributed by atoms with Gasteiger partial charge in [-0.2, -0.15) is 5.10 Å². The topological polar surface area (TPSA) is 46.8 Å². The zero-order valence-electron chi connectivity index (χ0n) is 9.76. The monoisotopic (exact) mass is 253 g/mol. The van der Waals surface area contributed by atoms with Gasteiger partial charge in [-0.25, -0.2) is 23.4 Å². The van der Waals surface area contributed by atoms with Crippen molar-refractivity contribution in [2.75, 3.05) is 18.0 Å². The van der Waals surface area contributed by atoms with Gasteiger partial charge in [-0.15, -0.1) is 0 Å². The summed E-state index contributed by atoms with van der Waals surface area (Å²) in [7, 11) is 0. The van der Waals surface area contributed by atoms with Crippen LogP contribution in [0.3, 0.4) is 0 Å². The summed E-state index contributed by atoms with van der Waals surface area (Å²) in [5.74, 6) is 0.746. The predicted molar refractivity (Wildman–Crippen MR) is 62.8 cm³/mol. The lowest BCUT2D eigenvalue weighted by molar-refractivity contribution is 0.123. The molecule has 1 fully saturated rings. The Bertz CT molecular complexity index is 547. The summed E-state index contributed by atoms with van der Waals surface area (Å²) < 4.78 is 26.0. The van der Waals surface area contributed by atoms with Crippen LogP contribution in [0.1, 0.15) is 12.8 Å². The highest BCUT2D eigenvalue weighted by molar-refractivity contribution is 5.71. The quantitative estimate of drug-likeness (QED) is 0.835. The largest absolute Gasteiger partial charge is 0.355 e. The van der Waals surface area contributed by atoms with Gasteiger partial charge in [-0.1, -0.05) is 0 Å². The molecule has 96 valence electrons. The van der Waals surface area contributed by atoms with E-state index in [-0.39, 0.29) is 0 Å². The molecular weight excluding hydrogens is 240 g/mol. The molecule has 7 heteroatoms. The van der Waals surface area contributed by atoms with Gasteiger partial charge in [-0.05, 0) is 12.8 Å². The molecule has 0 bridgehead atoms. The number of anilines is 1. The fourth-order valence-electron chi connectivity index (χ4n) is 2.20. The van der Waals surface area contributed by atoms with Crippen molar-refractivity contribution in [1.82, 2.24) is 19.7 Å². The number of fused-ring (bicyclic) bond motifs is 1. The Hall–Kier alpha value is -1.79. The lowest BCUT2D eigenvalue weighted by Gasteiger charge is -2.15. The van der Waals surface area contributed by atoms with Crippen LogP contribution < -0.4 is 4.90 Å². The molecular formula is C11H13F2N5. The number of hydrogen-bond acceptors (Lipinski definition) is 4. The lowest BCUT2D eigenvalue weighted by Crippen LogP contribution is -2.19. The van der Waals surface area contributed by atoms with Crippen LogP contribution in [0.15, 0.2) is 12.4 Å². The molecule has 0 amide bonds. The summed E-state index contributed by atoms with van der Waals surface area (Å²) in [4.78, 5) is 10.7. The van der Waals surface area contributed by atoms with Gasteiger partial charge in [0.1, 0.15) is 17.9 Å². The molecule has 1 saturated heterocycles. The molecule has 18 heavy (non-hydrogen) atoms. The summed E-state index contributed by atoms with van der Waals surface area (Å²) in [5, 5.41) is 3.90. The second kappa shape index (κ2) is 4.47. The number of nitrogens with zero attached hydrogens (tertiary/aromatic N) is 5. The van der Waals surface area contributed by atoms with Crippen LogP contribution in [-0.4, -0.2) is 39.3 Å². The fraction of sp³-hybridized carbons (Fsp3) is 0.545. The van der Waals surface area contributed by atoms with E-state index in [1.165, 1.54) is 10.9 Å². The first-order valence-electron chi connectivity index (χ1n) is 5.96. The number of rotatable bonds is 3. The van der Waals surface area contributed by atoms with Crippen molar-refractivity contribution < 1.29 is 8.78 Å². The van der Waals surface area contributed by atoms with E-state index in [9.17, 15) is 8.78 Å². The van der Waals surface area contributed by atoms with Crippen LogP contribution in [-0.2, 0) is 6.54 Å². The Balaban J connectivity index is 1.98.